The molecule has 27 heavy (non-hydrogen) atoms. The maximum atomic E-state index is 12.1. The summed E-state index contributed by atoms with van der Waals surface area (Å²) in [5, 5.41) is 0.752. The van der Waals surface area contributed by atoms with Crippen molar-refractivity contribution in [3.63, 3.8) is 0 Å². The molecule has 0 amide bonds. The van der Waals surface area contributed by atoms with Crippen LogP contribution in [-0.2, 0) is 11.2 Å². The number of rotatable bonds is 5. The number of hydrogen-bond donors (Lipinski definition) is 0. The molecule has 2 aromatic carbocycles. The lowest BCUT2D eigenvalue weighted by Gasteiger charge is -2.04. The van der Waals surface area contributed by atoms with Crippen molar-refractivity contribution in [1.29, 1.82) is 0 Å². The van der Waals surface area contributed by atoms with E-state index in [0.717, 1.165) is 10.9 Å². The summed E-state index contributed by atoms with van der Waals surface area (Å²) in [5.74, 6) is 1.02. The molecule has 0 spiro atoms. The Morgan fingerprint density at radius 2 is 1.81 bits per heavy atom. The van der Waals surface area contributed by atoms with Crippen LogP contribution in [-0.4, -0.2) is 11.0 Å². The van der Waals surface area contributed by atoms with Crippen LogP contribution in [0.4, 0.5) is 0 Å². The van der Waals surface area contributed by atoms with Gasteiger partial charge in [0.2, 0.25) is 0 Å². The summed E-state index contributed by atoms with van der Waals surface area (Å²) in [6.45, 7) is 0. The van der Waals surface area contributed by atoms with Crippen molar-refractivity contribution in [3.05, 3.63) is 83.2 Å². The number of carbonyl (C=O) groups is 1. The first-order valence-electron chi connectivity index (χ1n) is 8.42. The van der Waals surface area contributed by atoms with Gasteiger partial charge in [0.05, 0.1) is 12.6 Å². The Morgan fingerprint density at radius 1 is 1.00 bits per heavy atom. The van der Waals surface area contributed by atoms with E-state index in [2.05, 4.69) is 4.98 Å². The molecule has 6 nitrogen and oxygen atoms in total. The molecule has 4 rings (SSSR count). The fourth-order valence-electron chi connectivity index (χ4n) is 2.66. The second-order valence-corrected chi connectivity index (χ2v) is 5.91. The molecule has 2 aromatic heterocycles. The molecule has 0 saturated heterocycles. The molecular weight excluding hydrogens is 346 g/mol. The van der Waals surface area contributed by atoms with Crippen molar-refractivity contribution in [2.45, 2.75) is 12.8 Å². The molecular formula is C21H15NO5. The minimum absolute atomic E-state index is 0.117. The molecule has 0 aliphatic carbocycles. The number of carbonyl (C=O) groups excluding carboxylic acids is 1. The fraction of sp³-hybridized carbons (Fsp3) is 0.0952. The zero-order valence-electron chi connectivity index (χ0n) is 14.3. The molecule has 134 valence electrons. The van der Waals surface area contributed by atoms with Crippen LogP contribution >= 0.6 is 0 Å². The van der Waals surface area contributed by atoms with Gasteiger partial charge < -0.3 is 13.6 Å². The molecule has 0 radical (unpaired) electrons. The smallest absolute Gasteiger partial charge is 0.336 e. The predicted octanol–water partition coefficient (Wildman–Crippen LogP) is 3.99. The molecule has 0 N–H and O–H groups in total. The van der Waals surface area contributed by atoms with E-state index in [1.807, 2.05) is 30.3 Å². The van der Waals surface area contributed by atoms with Crippen LogP contribution in [0.5, 0.6) is 5.75 Å². The number of fused-ring (bicyclic) bond motifs is 1. The highest BCUT2D eigenvalue weighted by molar-refractivity contribution is 5.79. The number of benzene rings is 2. The summed E-state index contributed by atoms with van der Waals surface area (Å²) in [6.07, 6.45) is 2.08. The summed E-state index contributed by atoms with van der Waals surface area (Å²) in [6, 6.07) is 17.5. The third-order valence-electron chi connectivity index (χ3n) is 3.98. The Labute approximate surface area is 154 Å². The lowest BCUT2D eigenvalue weighted by Crippen LogP contribution is -2.09. The number of aromatic nitrogens is 1. The molecule has 2 heterocycles. The van der Waals surface area contributed by atoms with Crippen LogP contribution in [0.1, 0.15) is 12.3 Å². The number of oxazole rings is 1. The minimum atomic E-state index is -0.455. The Balaban J connectivity index is 1.39. The van der Waals surface area contributed by atoms with Gasteiger partial charge in [-0.05, 0) is 18.2 Å². The topological polar surface area (TPSA) is 82.5 Å². The molecule has 0 atom stereocenters. The van der Waals surface area contributed by atoms with E-state index in [1.165, 1.54) is 12.1 Å². The predicted molar refractivity (Wildman–Crippen MR) is 98.4 cm³/mol. The van der Waals surface area contributed by atoms with E-state index in [0.29, 0.717) is 29.4 Å². The van der Waals surface area contributed by atoms with Crippen molar-refractivity contribution in [1.82, 2.24) is 4.98 Å². The van der Waals surface area contributed by atoms with E-state index in [4.69, 9.17) is 13.6 Å². The van der Waals surface area contributed by atoms with Gasteiger partial charge in [-0.2, -0.15) is 0 Å². The van der Waals surface area contributed by atoms with Crippen LogP contribution in [0, 0.1) is 0 Å². The van der Waals surface area contributed by atoms with Crippen molar-refractivity contribution in [3.8, 4) is 17.1 Å². The van der Waals surface area contributed by atoms with Gasteiger partial charge in [0, 0.05) is 29.5 Å². The average molecular weight is 361 g/mol. The monoisotopic (exact) mass is 361 g/mol. The first kappa shape index (κ1) is 16.8. The normalized spacial score (nSPS) is 10.8. The summed E-state index contributed by atoms with van der Waals surface area (Å²) in [7, 11) is 0. The maximum Gasteiger partial charge on any atom is 0.336 e. The summed E-state index contributed by atoms with van der Waals surface area (Å²) >= 11 is 0. The van der Waals surface area contributed by atoms with Crippen LogP contribution in [0.2, 0.25) is 0 Å². The fourth-order valence-corrected chi connectivity index (χ4v) is 2.66. The minimum Gasteiger partial charge on any atom is -0.441 e. The molecule has 0 aliphatic heterocycles. The highest BCUT2D eigenvalue weighted by atomic mass is 16.5. The van der Waals surface area contributed by atoms with E-state index in [-0.39, 0.29) is 6.42 Å². The molecule has 0 unspecified atom stereocenters. The molecule has 0 bridgehead atoms. The highest BCUT2D eigenvalue weighted by Gasteiger charge is 2.11. The average Bonchev–Trinajstić information content (AvgIpc) is 3.16. The van der Waals surface area contributed by atoms with Crippen molar-refractivity contribution in [2.75, 3.05) is 0 Å². The molecule has 0 saturated carbocycles. The van der Waals surface area contributed by atoms with Gasteiger partial charge in [-0.25, -0.2) is 9.78 Å². The standard InChI is InChI=1S/C21H15NO5/c23-20(25-16-8-6-15-7-10-21(24)27-17(15)12-16)11-9-19-22-13-18(26-19)14-4-2-1-3-5-14/h1-8,10,12-13H,9,11H2. The van der Waals surface area contributed by atoms with E-state index in [9.17, 15) is 9.59 Å². The van der Waals surface area contributed by atoms with Gasteiger partial charge in [-0.15, -0.1) is 0 Å². The van der Waals surface area contributed by atoms with Gasteiger partial charge in [-0.3, -0.25) is 4.79 Å². The third-order valence-corrected chi connectivity index (χ3v) is 3.98. The molecule has 0 fully saturated rings. The molecule has 4 aromatic rings. The van der Waals surface area contributed by atoms with Crippen LogP contribution in [0.3, 0.4) is 0 Å². The zero-order chi connectivity index (χ0) is 18.6. The van der Waals surface area contributed by atoms with Gasteiger partial charge in [0.1, 0.15) is 11.3 Å². The van der Waals surface area contributed by atoms with Crippen LogP contribution < -0.4 is 10.4 Å². The summed E-state index contributed by atoms with van der Waals surface area (Å²) in [5.41, 5.74) is 0.841. The van der Waals surface area contributed by atoms with Gasteiger partial charge in [0.25, 0.3) is 0 Å². The Kier molecular flexibility index (Phi) is 4.53. The lowest BCUT2D eigenvalue weighted by molar-refractivity contribution is -0.134. The van der Waals surface area contributed by atoms with E-state index >= 15 is 0 Å². The van der Waals surface area contributed by atoms with Gasteiger partial charge >= 0.3 is 11.6 Å². The van der Waals surface area contributed by atoms with Gasteiger partial charge in [0.15, 0.2) is 11.7 Å². The van der Waals surface area contributed by atoms with Crippen molar-refractivity contribution in [2.24, 2.45) is 0 Å². The lowest BCUT2D eigenvalue weighted by atomic mass is 10.2. The number of esters is 1. The van der Waals surface area contributed by atoms with Crippen LogP contribution in [0.25, 0.3) is 22.3 Å². The third kappa shape index (κ3) is 3.95. The van der Waals surface area contributed by atoms with Crippen molar-refractivity contribution < 1.29 is 18.4 Å². The van der Waals surface area contributed by atoms with Crippen LogP contribution in [0.15, 0.2) is 80.5 Å². The van der Waals surface area contributed by atoms with E-state index in [1.54, 1.807) is 24.4 Å². The molecule has 0 aliphatic rings. The maximum absolute atomic E-state index is 12.1. The Hall–Kier alpha value is -3.67. The Bertz CT molecular complexity index is 1140. The SMILES string of the molecule is O=C(CCc1ncc(-c2ccccc2)o1)Oc1ccc2ccc(=O)oc2c1. The molecule has 6 heteroatoms. The Morgan fingerprint density at radius 3 is 2.67 bits per heavy atom. The van der Waals surface area contributed by atoms with E-state index < -0.39 is 11.6 Å². The zero-order valence-corrected chi connectivity index (χ0v) is 14.3. The second kappa shape index (κ2) is 7.29. The highest BCUT2D eigenvalue weighted by Crippen LogP contribution is 2.22. The largest absolute Gasteiger partial charge is 0.441 e. The number of aryl methyl sites for hydroxylation is 1. The number of hydrogen-bond acceptors (Lipinski definition) is 6. The van der Waals surface area contributed by atoms with Crippen molar-refractivity contribution >= 4 is 16.9 Å². The first-order valence-corrected chi connectivity index (χ1v) is 8.42. The summed E-state index contributed by atoms with van der Waals surface area (Å²) < 4.78 is 16.1. The first-order chi connectivity index (χ1) is 13.2. The number of ether oxygens (including phenoxy) is 1. The summed E-state index contributed by atoms with van der Waals surface area (Å²) in [4.78, 5) is 27.6. The second-order valence-electron chi connectivity index (χ2n) is 5.91. The van der Waals surface area contributed by atoms with Gasteiger partial charge in [-0.1, -0.05) is 30.3 Å². The number of nitrogens with zero attached hydrogens (tertiary/aromatic N) is 1. The quantitative estimate of drug-likeness (QED) is 0.304.